The Labute approximate surface area is 134 Å². The lowest BCUT2D eigenvalue weighted by atomic mass is 10.2. The van der Waals surface area contributed by atoms with Gasteiger partial charge in [-0.25, -0.2) is 4.98 Å². The number of rotatable bonds is 4. The highest BCUT2D eigenvalue weighted by Crippen LogP contribution is 2.25. The van der Waals surface area contributed by atoms with E-state index in [1.54, 1.807) is 17.0 Å². The van der Waals surface area contributed by atoms with E-state index in [-0.39, 0.29) is 0 Å². The van der Waals surface area contributed by atoms with Crippen molar-refractivity contribution in [2.75, 3.05) is 18.1 Å². The minimum Gasteiger partial charge on any atom is -0.491 e. The predicted octanol–water partition coefficient (Wildman–Crippen LogP) is 2.48. The summed E-state index contributed by atoms with van der Waals surface area (Å²) >= 11 is 0. The summed E-state index contributed by atoms with van der Waals surface area (Å²) in [6, 6.07) is 10.5. The molecule has 6 heteroatoms. The van der Waals surface area contributed by atoms with Crippen LogP contribution in [0.25, 0.3) is 5.78 Å². The zero-order chi connectivity index (χ0) is 15.6. The molecular weight excluding hydrogens is 290 g/mol. The molecule has 2 aromatic heterocycles. The number of aromatic nitrogens is 4. The van der Waals surface area contributed by atoms with E-state index in [9.17, 15) is 0 Å². The summed E-state index contributed by atoms with van der Waals surface area (Å²) in [7, 11) is 0. The van der Waals surface area contributed by atoms with Gasteiger partial charge in [0.2, 0.25) is 0 Å². The van der Waals surface area contributed by atoms with E-state index in [4.69, 9.17) is 4.74 Å². The van der Waals surface area contributed by atoms with Gasteiger partial charge in [-0.2, -0.15) is 14.6 Å². The van der Waals surface area contributed by atoms with Crippen molar-refractivity contribution in [2.24, 2.45) is 0 Å². The lowest BCUT2D eigenvalue weighted by Crippen LogP contribution is -2.35. The van der Waals surface area contributed by atoms with Crippen molar-refractivity contribution < 1.29 is 4.74 Å². The van der Waals surface area contributed by atoms with Gasteiger partial charge in [-0.15, -0.1) is 0 Å². The molecule has 118 valence electrons. The van der Waals surface area contributed by atoms with Crippen LogP contribution in [0, 0.1) is 6.92 Å². The molecule has 1 aromatic carbocycles. The van der Waals surface area contributed by atoms with Gasteiger partial charge in [0.25, 0.3) is 5.78 Å². The van der Waals surface area contributed by atoms with Crippen LogP contribution < -0.4 is 9.64 Å². The summed E-state index contributed by atoms with van der Waals surface area (Å²) in [5.41, 5.74) is 1.24. The fraction of sp³-hybridized carbons (Fsp3) is 0.353. The molecule has 1 saturated heterocycles. The Hall–Kier alpha value is -2.63. The number of hydrogen-bond acceptors (Lipinski definition) is 5. The van der Waals surface area contributed by atoms with E-state index in [1.807, 2.05) is 18.2 Å². The molecular formula is C17H19N5O. The molecule has 1 aliphatic rings. The van der Waals surface area contributed by atoms with Crippen molar-refractivity contribution >= 4 is 11.6 Å². The molecule has 0 bridgehead atoms. The van der Waals surface area contributed by atoms with Gasteiger partial charge in [-0.1, -0.05) is 17.7 Å². The molecule has 0 amide bonds. The standard InChI is InChI=1S/C17H19N5O/c1-13-4-6-15(7-5-13)23-11-14-3-2-10-21(14)16-8-9-18-17-19-12-20-22(16)17/h4-9,12,14H,2-3,10-11H2,1H3/t14-/m1/s1. The van der Waals surface area contributed by atoms with Crippen molar-refractivity contribution in [1.82, 2.24) is 19.6 Å². The molecule has 1 fully saturated rings. The molecule has 0 unspecified atom stereocenters. The SMILES string of the molecule is Cc1ccc(OC[C@H]2CCCN2c2ccnc3ncnn23)cc1. The molecule has 0 radical (unpaired) electrons. The van der Waals surface area contributed by atoms with E-state index in [1.165, 1.54) is 5.56 Å². The number of anilines is 1. The molecule has 1 aliphatic heterocycles. The molecule has 23 heavy (non-hydrogen) atoms. The Balaban J connectivity index is 1.52. The van der Waals surface area contributed by atoms with Gasteiger partial charge in [0.1, 0.15) is 24.5 Å². The maximum absolute atomic E-state index is 5.99. The van der Waals surface area contributed by atoms with Gasteiger partial charge in [-0.05, 0) is 38.0 Å². The number of ether oxygens (including phenoxy) is 1. The van der Waals surface area contributed by atoms with Crippen molar-refractivity contribution in [2.45, 2.75) is 25.8 Å². The zero-order valence-electron chi connectivity index (χ0n) is 13.1. The summed E-state index contributed by atoms with van der Waals surface area (Å²) < 4.78 is 7.78. The predicted molar refractivity (Wildman–Crippen MR) is 87.8 cm³/mol. The second kappa shape index (κ2) is 5.87. The number of benzene rings is 1. The lowest BCUT2D eigenvalue weighted by molar-refractivity contribution is 0.288. The first-order valence-electron chi connectivity index (χ1n) is 7.92. The fourth-order valence-electron chi connectivity index (χ4n) is 3.08. The smallest absolute Gasteiger partial charge is 0.254 e. The first-order chi connectivity index (χ1) is 11.3. The summed E-state index contributed by atoms with van der Waals surface area (Å²) in [6.07, 6.45) is 5.60. The summed E-state index contributed by atoms with van der Waals surface area (Å²) in [6.45, 7) is 3.75. The van der Waals surface area contributed by atoms with E-state index < -0.39 is 0 Å². The van der Waals surface area contributed by atoms with Crippen LogP contribution >= 0.6 is 0 Å². The van der Waals surface area contributed by atoms with Gasteiger partial charge < -0.3 is 9.64 Å². The first-order valence-corrected chi connectivity index (χ1v) is 7.92. The Kier molecular flexibility index (Phi) is 3.57. The van der Waals surface area contributed by atoms with Crippen LogP contribution in [0.1, 0.15) is 18.4 Å². The second-order valence-electron chi connectivity index (χ2n) is 5.89. The van der Waals surface area contributed by atoms with Crippen LogP contribution in [0.15, 0.2) is 42.9 Å². The monoisotopic (exact) mass is 309 g/mol. The molecule has 1 atom stereocenters. The van der Waals surface area contributed by atoms with Crippen LogP contribution in [0.2, 0.25) is 0 Å². The number of fused-ring (bicyclic) bond motifs is 1. The molecule has 4 rings (SSSR count). The summed E-state index contributed by atoms with van der Waals surface area (Å²) in [4.78, 5) is 10.7. The van der Waals surface area contributed by atoms with Gasteiger partial charge in [0, 0.05) is 12.7 Å². The maximum atomic E-state index is 5.99. The Morgan fingerprint density at radius 2 is 2.04 bits per heavy atom. The third-order valence-corrected chi connectivity index (χ3v) is 4.30. The minimum atomic E-state index is 0.339. The van der Waals surface area contributed by atoms with Crippen molar-refractivity contribution in [3.63, 3.8) is 0 Å². The quantitative estimate of drug-likeness (QED) is 0.741. The first kappa shape index (κ1) is 14.0. The van der Waals surface area contributed by atoms with Crippen molar-refractivity contribution in [1.29, 1.82) is 0 Å². The van der Waals surface area contributed by atoms with E-state index in [0.29, 0.717) is 18.4 Å². The number of nitrogens with zero attached hydrogens (tertiary/aromatic N) is 5. The van der Waals surface area contributed by atoms with Crippen LogP contribution in [0.5, 0.6) is 5.75 Å². The zero-order valence-corrected chi connectivity index (χ0v) is 13.1. The van der Waals surface area contributed by atoms with Crippen LogP contribution in [0.3, 0.4) is 0 Å². The molecule has 0 saturated carbocycles. The van der Waals surface area contributed by atoms with Gasteiger partial charge in [0.05, 0.1) is 6.04 Å². The van der Waals surface area contributed by atoms with E-state index >= 15 is 0 Å². The van der Waals surface area contributed by atoms with Crippen LogP contribution in [-0.2, 0) is 0 Å². The average Bonchev–Trinajstić information content (AvgIpc) is 3.23. The van der Waals surface area contributed by atoms with Crippen molar-refractivity contribution in [3.8, 4) is 5.75 Å². The third-order valence-electron chi connectivity index (χ3n) is 4.30. The number of aryl methyl sites for hydroxylation is 1. The molecule has 3 heterocycles. The topological polar surface area (TPSA) is 55.5 Å². The molecule has 3 aromatic rings. The fourth-order valence-corrected chi connectivity index (χ4v) is 3.08. The molecule has 0 aliphatic carbocycles. The normalized spacial score (nSPS) is 17.8. The van der Waals surface area contributed by atoms with Crippen LogP contribution in [-0.4, -0.2) is 38.8 Å². The van der Waals surface area contributed by atoms with E-state index in [2.05, 4.69) is 39.0 Å². The third kappa shape index (κ3) is 2.72. The molecule has 0 spiro atoms. The average molecular weight is 309 g/mol. The van der Waals surface area contributed by atoms with Crippen molar-refractivity contribution in [3.05, 3.63) is 48.4 Å². The molecule has 6 nitrogen and oxygen atoms in total. The Bertz CT molecular complexity index is 798. The van der Waals surface area contributed by atoms with E-state index in [0.717, 1.165) is 31.0 Å². The Morgan fingerprint density at radius 3 is 2.91 bits per heavy atom. The lowest BCUT2D eigenvalue weighted by Gasteiger charge is -2.26. The highest BCUT2D eigenvalue weighted by Gasteiger charge is 2.27. The highest BCUT2D eigenvalue weighted by molar-refractivity contribution is 5.46. The number of hydrogen-bond donors (Lipinski definition) is 0. The second-order valence-corrected chi connectivity index (χ2v) is 5.89. The van der Waals surface area contributed by atoms with Crippen LogP contribution in [0.4, 0.5) is 5.82 Å². The maximum Gasteiger partial charge on any atom is 0.254 e. The Morgan fingerprint density at radius 1 is 1.17 bits per heavy atom. The van der Waals surface area contributed by atoms with Gasteiger partial charge in [0.15, 0.2) is 0 Å². The van der Waals surface area contributed by atoms with Gasteiger partial charge in [-0.3, -0.25) is 0 Å². The summed E-state index contributed by atoms with van der Waals surface area (Å²) in [5.74, 6) is 2.58. The summed E-state index contributed by atoms with van der Waals surface area (Å²) in [5, 5.41) is 4.29. The largest absolute Gasteiger partial charge is 0.491 e. The minimum absolute atomic E-state index is 0.339. The highest BCUT2D eigenvalue weighted by atomic mass is 16.5. The molecule has 0 N–H and O–H groups in total. The van der Waals surface area contributed by atoms with Gasteiger partial charge >= 0.3 is 0 Å².